The molecule has 2 N–H and O–H groups in total. The van der Waals surface area contributed by atoms with Crippen molar-refractivity contribution in [3.63, 3.8) is 0 Å². The van der Waals surface area contributed by atoms with Gasteiger partial charge in [-0.2, -0.15) is 0 Å². The summed E-state index contributed by atoms with van der Waals surface area (Å²) in [5.41, 5.74) is 2.21. The van der Waals surface area contributed by atoms with Crippen molar-refractivity contribution in [3.8, 4) is 5.75 Å². The van der Waals surface area contributed by atoms with Crippen LogP contribution in [0.2, 0.25) is 0 Å². The van der Waals surface area contributed by atoms with Gasteiger partial charge in [0.15, 0.2) is 0 Å². The minimum Gasteiger partial charge on any atom is -0.496 e. The Bertz CT molecular complexity index is 525. The van der Waals surface area contributed by atoms with Crippen LogP contribution in [0.25, 0.3) is 0 Å². The van der Waals surface area contributed by atoms with Crippen molar-refractivity contribution in [1.82, 2.24) is 5.32 Å². The summed E-state index contributed by atoms with van der Waals surface area (Å²) in [4.78, 5) is 22.9. The van der Waals surface area contributed by atoms with Gasteiger partial charge in [0, 0.05) is 6.42 Å². The first kappa shape index (κ1) is 18.0. The van der Waals surface area contributed by atoms with Gasteiger partial charge in [0.1, 0.15) is 11.8 Å². The van der Waals surface area contributed by atoms with Gasteiger partial charge in [0.2, 0.25) is 5.91 Å². The van der Waals surface area contributed by atoms with Crippen LogP contribution in [0.3, 0.4) is 0 Å². The maximum absolute atomic E-state index is 11.8. The van der Waals surface area contributed by atoms with Crippen molar-refractivity contribution in [2.24, 2.45) is 5.92 Å². The lowest BCUT2D eigenvalue weighted by atomic mass is 10.0. The van der Waals surface area contributed by atoms with Gasteiger partial charge >= 0.3 is 5.97 Å². The summed E-state index contributed by atoms with van der Waals surface area (Å²) in [6.45, 7) is 5.54. The molecule has 5 heteroatoms. The van der Waals surface area contributed by atoms with Crippen molar-refractivity contribution < 1.29 is 19.4 Å². The molecule has 1 unspecified atom stereocenters. The number of carboxylic acid groups (broad SMARTS) is 1. The van der Waals surface area contributed by atoms with Gasteiger partial charge in [-0.05, 0) is 42.9 Å². The smallest absolute Gasteiger partial charge is 0.326 e. The number of carboxylic acids is 1. The molecule has 1 atom stereocenters. The van der Waals surface area contributed by atoms with Crippen LogP contribution >= 0.6 is 0 Å². The molecule has 0 radical (unpaired) electrons. The number of hydrogen-bond donors (Lipinski definition) is 2. The van der Waals surface area contributed by atoms with E-state index in [1.165, 1.54) is 0 Å². The lowest BCUT2D eigenvalue weighted by Gasteiger charge is -2.17. The first-order valence-corrected chi connectivity index (χ1v) is 7.50. The van der Waals surface area contributed by atoms with E-state index >= 15 is 0 Å². The molecule has 1 rings (SSSR count). The van der Waals surface area contributed by atoms with Crippen LogP contribution in [-0.2, 0) is 16.0 Å². The molecule has 0 heterocycles. The molecule has 1 aromatic carbocycles. The Labute approximate surface area is 131 Å². The number of aliphatic carboxylic acids is 1. The average Bonchev–Trinajstić information content (AvgIpc) is 2.44. The lowest BCUT2D eigenvalue weighted by molar-refractivity contribution is -0.143. The summed E-state index contributed by atoms with van der Waals surface area (Å²) in [6.07, 6.45) is 1.78. The molecule has 0 bridgehead atoms. The first-order valence-electron chi connectivity index (χ1n) is 7.50. The Hall–Kier alpha value is -2.04. The maximum atomic E-state index is 11.8. The minimum atomic E-state index is -0.992. The van der Waals surface area contributed by atoms with Crippen LogP contribution in [0.1, 0.15) is 37.8 Å². The molecule has 122 valence electrons. The zero-order valence-corrected chi connectivity index (χ0v) is 13.7. The number of nitrogens with one attached hydrogen (secondary N) is 1. The van der Waals surface area contributed by atoms with E-state index in [0.717, 1.165) is 23.3 Å². The molecule has 0 fully saturated rings. The summed E-state index contributed by atoms with van der Waals surface area (Å²) in [5, 5.41) is 11.6. The van der Waals surface area contributed by atoms with E-state index in [0.29, 0.717) is 12.8 Å². The van der Waals surface area contributed by atoms with Gasteiger partial charge in [-0.15, -0.1) is 0 Å². The Morgan fingerprint density at radius 2 is 2.00 bits per heavy atom. The van der Waals surface area contributed by atoms with Crippen molar-refractivity contribution in [3.05, 3.63) is 29.3 Å². The van der Waals surface area contributed by atoms with Crippen LogP contribution in [0, 0.1) is 12.8 Å². The van der Waals surface area contributed by atoms with Crippen LogP contribution in [-0.4, -0.2) is 30.1 Å². The molecule has 0 saturated heterocycles. The SMILES string of the molecule is COc1ccc(CCCC(=O)NC(C(=O)O)C(C)C)cc1C. The second-order valence-electron chi connectivity index (χ2n) is 5.78. The maximum Gasteiger partial charge on any atom is 0.326 e. The predicted molar refractivity (Wildman–Crippen MR) is 85.1 cm³/mol. The van der Waals surface area contributed by atoms with Crippen molar-refractivity contribution in [2.45, 2.75) is 46.1 Å². The Balaban J connectivity index is 2.45. The Morgan fingerprint density at radius 1 is 1.32 bits per heavy atom. The highest BCUT2D eigenvalue weighted by atomic mass is 16.5. The third-order valence-electron chi connectivity index (χ3n) is 3.58. The summed E-state index contributed by atoms with van der Waals surface area (Å²) in [6, 6.07) is 5.13. The summed E-state index contributed by atoms with van der Waals surface area (Å²) < 4.78 is 5.21. The molecule has 1 aromatic rings. The largest absolute Gasteiger partial charge is 0.496 e. The second kappa shape index (κ2) is 8.41. The molecule has 0 spiro atoms. The third-order valence-corrected chi connectivity index (χ3v) is 3.58. The van der Waals surface area contributed by atoms with Crippen molar-refractivity contribution in [1.29, 1.82) is 0 Å². The predicted octanol–water partition coefficient (Wildman–Crippen LogP) is 2.55. The number of carbonyl (C=O) groups is 2. The van der Waals surface area contributed by atoms with Gasteiger partial charge in [-0.25, -0.2) is 4.79 Å². The second-order valence-corrected chi connectivity index (χ2v) is 5.78. The molecule has 22 heavy (non-hydrogen) atoms. The van der Waals surface area contributed by atoms with E-state index in [1.54, 1.807) is 21.0 Å². The van der Waals surface area contributed by atoms with Crippen molar-refractivity contribution >= 4 is 11.9 Å². The van der Waals surface area contributed by atoms with Crippen LogP contribution in [0.4, 0.5) is 0 Å². The lowest BCUT2D eigenvalue weighted by Crippen LogP contribution is -2.44. The van der Waals surface area contributed by atoms with Crippen LogP contribution in [0.15, 0.2) is 18.2 Å². The fraction of sp³-hybridized carbons (Fsp3) is 0.529. The molecule has 0 aromatic heterocycles. The van der Waals surface area contributed by atoms with Crippen LogP contribution in [0.5, 0.6) is 5.75 Å². The van der Waals surface area contributed by atoms with Gasteiger partial charge in [0.05, 0.1) is 7.11 Å². The molecule has 0 saturated carbocycles. The van der Waals surface area contributed by atoms with Crippen molar-refractivity contribution in [2.75, 3.05) is 7.11 Å². The Morgan fingerprint density at radius 3 is 2.50 bits per heavy atom. The minimum absolute atomic E-state index is 0.134. The van der Waals surface area contributed by atoms with E-state index in [4.69, 9.17) is 9.84 Å². The van der Waals surface area contributed by atoms with Gasteiger partial charge in [-0.3, -0.25) is 4.79 Å². The summed E-state index contributed by atoms with van der Waals surface area (Å²) in [5.74, 6) is -0.492. The topological polar surface area (TPSA) is 75.6 Å². The molecule has 0 aliphatic heterocycles. The average molecular weight is 307 g/mol. The highest BCUT2D eigenvalue weighted by Gasteiger charge is 2.22. The molecular formula is C17H25NO4. The number of aryl methyl sites for hydroxylation is 2. The number of carbonyl (C=O) groups excluding carboxylic acids is 1. The zero-order valence-electron chi connectivity index (χ0n) is 13.7. The Kier molecular flexibility index (Phi) is 6.89. The number of rotatable bonds is 8. The molecule has 5 nitrogen and oxygen atoms in total. The zero-order chi connectivity index (χ0) is 16.7. The van der Waals surface area contributed by atoms with E-state index in [9.17, 15) is 9.59 Å². The number of amides is 1. The molecule has 1 amide bonds. The fourth-order valence-corrected chi connectivity index (χ4v) is 2.31. The molecular weight excluding hydrogens is 282 g/mol. The third kappa shape index (κ3) is 5.39. The van der Waals surface area contributed by atoms with Gasteiger partial charge < -0.3 is 15.2 Å². The normalized spacial score (nSPS) is 12.0. The van der Waals surface area contributed by atoms with Gasteiger partial charge in [-0.1, -0.05) is 26.0 Å². The fourth-order valence-electron chi connectivity index (χ4n) is 2.31. The summed E-state index contributed by atoms with van der Waals surface area (Å²) in [7, 11) is 1.64. The molecule has 0 aliphatic rings. The summed E-state index contributed by atoms with van der Waals surface area (Å²) >= 11 is 0. The van der Waals surface area contributed by atoms with E-state index in [2.05, 4.69) is 5.32 Å². The van der Waals surface area contributed by atoms with E-state index < -0.39 is 12.0 Å². The quantitative estimate of drug-likeness (QED) is 0.774. The van der Waals surface area contributed by atoms with Gasteiger partial charge in [0.25, 0.3) is 0 Å². The highest BCUT2D eigenvalue weighted by molar-refractivity contribution is 5.83. The molecule has 0 aliphatic carbocycles. The van der Waals surface area contributed by atoms with E-state index in [1.807, 2.05) is 25.1 Å². The van der Waals surface area contributed by atoms with E-state index in [-0.39, 0.29) is 11.8 Å². The number of methoxy groups -OCH3 is 1. The highest BCUT2D eigenvalue weighted by Crippen LogP contribution is 2.19. The number of benzene rings is 1. The first-order chi connectivity index (χ1) is 10.3. The van der Waals surface area contributed by atoms with Crippen LogP contribution < -0.4 is 10.1 Å². The number of ether oxygens (including phenoxy) is 1. The monoisotopic (exact) mass is 307 g/mol. The standard InChI is InChI=1S/C17H25NO4/c1-11(2)16(17(20)21)18-15(19)7-5-6-13-8-9-14(22-4)12(3)10-13/h8-11,16H,5-7H2,1-4H3,(H,18,19)(H,20,21). The number of hydrogen-bond acceptors (Lipinski definition) is 3.